The van der Waals surface area contributed by atoms with Gasteiger partial charge in [-0.1, -0.05) is 48.0 Å². The van der Waals surface area contributed by atoms with Crippen molar-refractivity contribution in [3.63, 3.8) is 0 Å². The average molecular weight is 305 g/mol. The number of hydrogen-bond acceptors (Lipinski definition) is 1. The molecular weight excluding hydrogens is 291 g/mol. The van der Waals surface area contributed by atoms with Gasteiger partial charge in [0.25, 0.3) is 0 Å². The summed E-state index contributed by atoms with van der Waals surface area (Å²) < 4.78 is 39.3. The van der Waals surface area contributed by atoms with Gasteiger partial charge in [-0.15, -0.1) is 0 Å². The van der Waals surface area contributed by atoms with Crippen molar-refractivity contribution in [3.05, 3.63) is 71.8 Å². The summed E-state index contributed by atoms with van der Waals surface area (Å²) in [7, 11) is 0. The lowest BCUT2D eigenvalue weighted by Gasteiger charge is -2.12. The molecule has 0 spiro atoms. The van der Waals surface area contributed by atoms with E-state index < -0.39 is 17.7 Å². The van der Waals surface area contributed by atoms with Crippen molar-refractivity contribution in [2.75, 3.05) is 5.32 Å². The van der Waals surface area contributed by atoms with Gasteiger partial charge in [0.1, 0.15) is 0 Å². The molecule has 2 aromatic rings. The van der Waals surface area contributed by atoms with Crippen LogP contribution >= 0.6 is 0 Å². The Morgan fingerprint density at radius 3 is 2.14 bits per heavy atom. The molecule has 0 saturated carbocycles. The number of halogens is 3. The summed E-state index contributed by atoms with van der Waals surface area (Å²) in [5.74, 6) is -0.819. The van der Waals surface area contributed by atoms with Gasteiger partial charge in [0.2, 0.25) is 5.91 Å². The highest BCUT2D eigenvalue weighted by Crippen LogP contribution is 2.33. The Morgan fingerprint density at radius 2 is 1.59 bits per heavy atom. The van der Waals surface area contributed by atoms with E-state index in [1.807, 2.05) is 6.92 Å². The molecule has 0 saturated heterocycles. The zero-order chi connectivity index (χ0) is 16.2. The molecule has 2 rings (SSSR count). The number of amides is 1. The quantitative estimate of drug-likeness (QED) is 0.826. The predicted octanol–water partition coefficient (Wildman–Crippen LogP) is 4.58. The van der Waals surface area contributed by atoms with Gasteiger partial charge >= 0.3 is 6.18 Å². The van der Waals surface area contributed by atoms with Crippen molar-refractivity contribution >= 4 is 17.2 Å². The number of aryl methyl sites for hydroxylation is 1. The van der Waals surface area contributed by atoms with Crippen molar-refractivity contribution in [2.24, 2.45) is 0 Å². The number of benzene rings is 2. The van der Waals surface area contributed by atoms with E-state index in [1.165, 1.54) is 24.3 Å². The highest BCUT2D eigenvalue weighted by Gasteiger charge is 2.35. The van der Waals surface area contributed by atoms with Crippen LogP contribution in [-0.4, -0.2) is 12.1 Å². The van der Waals surface area contributed by atoms with Crippen LogP contribution in [0.15, 0.2) is 60.7 Å². The van der Waals surface area contributed by atoms with E-state index in [0.717, 1.165) is 5.56 Å². The molecule has 0 atom stereocenters. The third-order valence-corrected chi connectivity index (χ3v) is 2.98. The topological polar surface area (TPSA) is 29.1 Å². The van der Waals surface area contributed by atoms with Crippen LogP contribution in [0.25, 0.3) is 5.57 Å². The van der Waals surface area contributed by atoms with Crippen molar-refractivity contribution in [3.8, 4) is 0 Å². The summed E-state index contributed by atoms with van der Waals surface area (Å²) in [5, 5.41) is 2.43. The highest BCUT2D eigenvalue weighted by molar-refractivity contribution is 6.04. The van der Waals surface area contributed by atoms with Crippen LogP contribution in [0.1, 0.15) is 11.1 Å². The lowest BCUT2D eigenvalue weighted by Crippen LogP contribution is -2.16. The smallest absolute Gasteiger partial charge is 0.323 e. The maximum absolute atomic E-state index is 13.1. The molecule has 0 fully saturated rings. The molecule has 5 heteroatoms. The molecule has 0 aromatic heterocycles. The fourth-order valence-electron chi connectivity index (χ4n) is 1.89. The SMILES string of the molecule is Cc1ccc(NC(=O)/C=C(/c2ccccc2)C(F)(F)F)cc1. The summed E-state index contributed by atoms with van der Waals surface area (Å²) in [6, 6.07) is 14.0. The first kappa shape index (κ1) is 15.8. The maximum Gasteiger partial charge on any atom is 0.417 e. The van der Waals surface area contributed by atoms with Crippen LogP contribution in [0.5, 0.6) is 0 Å². The van der Waals surface area contributed by atoms with E-state index in [9.17, 15) is 18.0 Å². The van der Waals surface area contributed by atoms with Gasteiger partial charge in [-0.2, -0.15) is 13.2 Å². The average Bonchev–Trinajstić information content (AvgIpc) is 2.47. The minimum atomic E-state index is -4.61. The van der Waals surface area contributed by atoms with Gasteiger partial charge in [0.05, 0.1) is 5.57 Å². The maximum atomic E-state index is 13.1. The van der Waals surface area contributed by atoms with Crippen LogP contribution in [-0.2, 0) is 4.79 Å². The molecule has 22 heavy (non-hydrogen) atoms. The molecule has 0 radical (unpaired) electrons. The lowest BCUT2D eigenvalue weighted by atomic mass is 10.1. The van der Waals surface area contributed by atoms with E-state index >= 15 is 0 Å². The van der Waals surface area contributed by atoms with E-state index in [1.54, 1.807) is 30.3 Å². The Morgan fingerprint density at radius 1 is 1.00 bits per heavy atom. The Labute approximate surface area is 126 Å². The molecule has 1 N–H and O–H groups in total. The van der Waals surface area contributed by atoms with Crippen molar-refractivity contribution in [1.82, 2.24) is 0 Å². The predicted molar refractivity (Wildman–Crippen MR) is 80.3 cm³/mol. The number of hydrogen-bond donors (Lipinski definition) is 1. The van der Waals surface area contributed by atoms with Gasteiger partial charge in [-0.25, -0.2) is 0 Å². The van der Waals surface area contributed by atoms with Crippen molar-refractivity contribution in [2.45, 2.75) is 13.1 Å². The molecule has 2 aromatic carbocycles. The molecule has 0 aliphatic rings. The fourth-order valence-corrected chi connectivity index (χ4v) is 1.89. The first-order valence-corrected chi connectivity index (χ1v) is 6.58. The Balaban J connectivity index is 2.26. The minimum absolute atomic E-state index is 0.0472. The number of carbonyl (C=O) groups is 1. The summed E-state index contributed by atoms with van der Waals surface area (Å²) in [4.78, 5) is 11.8. The first-order chi connectivity index (χ1) is 10.4. The van der Waals surface area contributed by atoms with Crippen LogP contribution in [0, 0.1) is 6.92 Å². The number of carbonyl (C=O) groups excluding carboxylic acids is 1. The molecule has 2 nitrogen and oxygen atoms in total. The second-order valence-corrected chi connectivity index (χ2v) is 4.78. The van der Waals surface area contributed by atoms with Gasteiger partial charge in [0.15, 0.2) is 0 Å². The molecule has 0 aliphatic carbocycles. The number of rotatable bonds is 3. The van der Waals surface area contributed by atoms with Crippen LogP contribution in [0.4, 0.5) is 18.9 Å². The van der Waals surface area contributed by atoms with Gasteiger partial charge in [-0.3, -0.25) is 4.79 Å². The molecule has 0 aliphatic heterocycles. The number of nitrogens with one attached hydrogen (secondary N) is 1. The Hall–Kier alpha value is -2.56. The Bertz CT molecular complexity index is 673. The minimum Gasteiger partial charge on any atom is -0.323 e. The van der Waals surface area contributed by atoms with E-state index in [2.05, 4.69) is 5.32 Å². The number of anilines is 1. The zero-order valence-corrected chi connectivity index (χ0v) is 11.8. The molecule has 0 bridgehead atoms. The molecule has 114 valence electrons. The largest absolute Gasteiger partial charge is 0.417 e. The second-order valence-electron chi connectivity index (χ2n) is 4.78. The van der Waals surface area contributed by atoms with Crippen molar-refractivity contribution < 1.29 is 18.0 Å². The van der Waals surface area contributed by atoms with Gasteiger partial charge in [-0.05, 0) is 24.6 Å². The summed E-state index contributed by atoms with van der Waals surface area (Å²) in [5.41, 5.74) is 0.419. The molecule has 1 amide bonds. The third-order valence-electron chi connectivity index (χ3n) is 2.98. The first-order valence-electron chi connectivity index (χ1n) is 6.58. The summed E-state index contributed by atoms with van der Waals surface area (Å²) in [6.45, 7) is 1.88. The van der Waals surface area contributed by atoms with Crippen LogP contribution in [0.2, 0.25) is 0 Å². The van der Waals surface area contributed by atoms with Crippen LogP contribution < -0.4 is 5.32 Å². The highest BCUT2D eigenvalue weighted by atomic mass is 19.4. The normalized spacial score (nSPS) is 12.1. The molecular formula is C17H14F3NO. The van der Waals surface area contributed by atoms with E-state index in [4.69, 9.17) is 0 Å². The summed E-state index contributed by atoms with van der Waals surface area (Å²) >= 11 is 0. The third kappa shape index (κ3) is 4.22. The van der Waals surface area contributed by atoms with Gasteiger partial charge in [0, 0.05) is 11.8 Å². The second kappa shape index (κ2) is 6.47. The van der Waals surface area contributed by atoms with Crippen molar-refractivity contribution in [1.29, 1.82) is 0 Å². The molecule has 0 heterocycles. The molecule has 0 unspecified atom stereocenters. The van der Waals surface area contributed by atoms with Crippen LogP contribution in [0.3, 0.4) is 0 Å². The van der Waals surface area contributed by atoms with Gasteiger partial charge < -0.3 is 5.32 Å². The van der Waals surface area contributed by atoms with E-state index in [0.29, 0.717) is 11.8 Å². The fraction of sp³-hybridized carbons (Fsp3) is 0.118. The van der Waals surface area contributed by atoms with E-state index in [-0.39, 0.29) is 5.56 Å². The monoisotopic (exact) mass is 305 g/mol. The zero-order valence-electron chi connectivity index (χ0n) is 11.8. The standard InChI is InChI=1S/C17H14F3NO/c1-12-7-9-14(10-8-12)21-16(22)11-15(17(18,19)20)13-5-3-2-4-6-13/h2-11H,1H3,(H,21,22)/b15-11-. The number of allylic oxidation sites excluding steroid dienone is 1. The number of alkyl halides is 3. The summed E-state index contributed by atoms with van der Waals surface area (Å²) in [6.07, 6.45) is -4.03. The lowest BCUT2D eigenvalue weighted by molar-refractivity contribution is -0.112. The Kier molecular flexibility index (Phi) is 4.65.